The molecular weight excluding hydrogens is 328 g/mol. The van der Waals surface area contributed by atoms with Gasteiger partial charge in [-0.15, -0.1) is 11.3 Å². The van der Waals surface area contributed by atoms with Crippen molar-refractivity contribution in [1.82, 2.24) is 9.71 Å². The second kappa shape index (κ2) is 6.87. The molecule has 0 radical (unpaired) electrons. The molecule has 0 spiro atoms. The van der Waals surface area contributed by atoms with E-state index < -0.39 is 10.0 Å². The van der Waals surface area contributed by atoms with Crippen LogP contribution in [0.15, 0.2) is 40.9 Å². The molecule has 114 valence electrons. The Morgan fingerprint density at radius 1 is 1.33 bits per heavy atom. The number of aromatic nitrogens is 1. The molecule has 0 saturated carbocycles. The van der Waals surface area contributed by atoms with Crippen LogP contribution >= 0.6 is 22.9 Å². The molecule has 2 aromatic heterocycles. The molecule has 0 bridgehead atoms. The number of nitrogens with one attached hydrogen (secondary N) is 1. The highest BCUT2D eigenvalue weighted by molar-refractivity contribution is 7.91. The van der Waals surface area contributed by atoms with E-state index in [2.05, 4.69) is 23.6 Å². The predicted molar refractivity (Wildman–Crippen MR) is 86.1 cm³/mol. The highest BCUT2D eigenvalue weighted by atomic mass is 35.5. The van der Waals surface area contributed by atoms with E-state index in [4.69, 9.17) is 11.6 Å². The van der Waals surface area contributed by atoms with Crippen LogP contribution in [0.3, 0.4) is 0 Å². The Labute approximate surface area is 134 Å². The molecule has 2 heterocycles. The molecule has 2 rings (SSSR count). The lowest BCUT2D eigenvalue weighted by molar-refractivity contribution is 0.472. The average Bonchev–Trinajstić information content (AvgIpc) is 2.86. The van der Waals surface area contributed by atoms with Crippen molar-refractivity contribution >= 4 is 33.0 Å². The van der Waals surface area contributed by atoms with Crippen LogP contribution in [0.25, 0.3) is 0 Å². The first-order valence-corrected chi connectivity index (χ1v) is 9.24. The number of pyridine rings is 1. The van der Waals surface area contributed by atoms with Crippen LogP contribution in [-0.2, 0) is 10.0 Å². The van der Waals surface area contributed by atoms with Gasteiger partial charge in [0.15, 0.2) is 0 Å². The third kappa shape index (κ3) is 4.51. The Bertz CT molecular complexity index is 684. The smallest absolute Gasteiger partial charge is 0.250 e. The summed E-state index contributed by atoms with van der Waals surface area (Å²) in [5, 5.41) is 0. The number of hydrogen-bond acceptors (Lipinski definition) is 4. The first-order chi connectivity index (χ1) is 9.88. The van der Waals surface area contributed by atoms with Crippen molar-refractivity contribution < 1.29 is 8.42 Å². The van der Waals surface area contributed by atoms with Crippen LogP contribution < -0.4 is 4.72 Å². The minimum atomic E-state index is -3.58. The summed E-state index contributed by atoms with van der Waals surface area (Å²) < 4.78 is 28.3. The first kappa shape index (κ1) is 16.4. The Morgan fingerprint density at radius 3 is 2.62 bits per heavy atom. The maximum Gasteiger partial charge on any atom is 0.250 e. The van der Waals surface area contributed by atoms with E-state index in [1.165, 1.54) is 6.07 Å². The second-order valence-electron chi connectivity index (χ2n) is 5.15. The minimum absolute atomic E-state index is 0.227. The van der Waals surface area contributed by atoms with Gasteiger partial charge in [-0.1, -0.05) is 31.5 Å². The summed E-state index contributed by atoms with van der Waals surface area (Å²) in [5.41, 5.74) is 0.859. The Kier molecular flexibility index (Phi) is 5.37. The van der Waals surface area contributed by atoms with Crippen molar-refractivity contribution in [3.8, 4) is 0 Å². The van der Waals surface area contributed by atoms with Gasteiger partial charge in [-0.2, -0.15) is 0 Å². The third-order valence-electron chi connectivity index (χ3n) is 2.90. The predicted octanol–water partition coefficient (Wildman–Crippen LogP) is 3.86. The number of nitrogens with zero attached hydrogens (tertiary/aromatic N) is 1. The summed E-state index contributed by atoms with van der Waals surface area (Å²) in [6.45, 7) is 4.11. The average molecular weight is 345 g/mol. The van der Waals surface area contributed by atoms with Crippen LogP contribution in [0, 0.1) is 5.92 Å². The zero-order chi connectivity index (χ0) is 15.5. The number of thiophene rings is 1. The van der Waals surface area contributed by atoms with Crippen molar-refractivity contribution in [3.63, 3.8) is 0 Å². The van der Waals surface area contributed by atoms with Crippen LogP contribution in [0.1, 0.15) is 31.9 Å². The van der Waals surface area contributed by atoms with Gasteiger partial charge in [0.05, 0.1) is 4.34 Å². The van der Waals surface area contributed by atoms with Gasteiger partial charge in [-0.05, 0) is 36.1 Å². The summed E-state index contributed by atoms with van der Waals surface area (Å²) in [6, 6.07) is 6.49. The van der Waals surface area contributed by atoms with E-state index in [9.17, 15) is 8.42 Å². The molecule has 0 amide bonds. The maximum atomic E-state index is 12.4. The third-order valence-corrected chi connectivity index (χ3v) is 6.10. The summed E-state index contributed by atoms with van der Waals surface area (Å²) in [5.74, 6) is 0.352. The number of hydrogen-bond donors (Lipinski definition) is 1. The lowest BCUT2D eigenvalue weighted by Gasteiger charge is -2.20. The Hall–Kier alpha value is -0.950. The van der Waals surface area contributed by atoms with E-state index >= 15 is 0 Å². The van der Waals surface area contributed by atoms with Crippen molar-refractivity contribution in [2.45, 2.75) is 30.5 Å². The van der Waals surface area contributed by atoms with Gasteiger partial charge in [0.25, 0.3) is 10.0 Å². The summed E-state index contributed by atoms with van der Waals surface area (Å²) in [4.78, 5) is 4.07. The molecule has 0 aliphatic heterocycles. The first-order valence-electron chi connectivity index (χ1n) is 6.56. The molecule has 1 atom stereocenters. The molecular formula is C14H17ClN2O2S2. The van der Waals surface area contributed by atoms with Crippen LogP contribution in [0.5, 0.6) is 0 Å². The molecule has 0 fully saturated rings. The summed E-state index contributed by atoms with van der Waals surface area (Å²) >= 11 is 6.87. The zero-order valence-electron chi connectivity index (χ0n) is 11.8. The fourth-order valence-electron chi connectivity index (χ4n) is 1.99. The van der Waals surface area contributed by atoms with E-state index in [1.807, 2.05) is 6.07 Å². The van der Waals surface area contributed by atoms with Crippen molar-refractivity contribution in [2.24, 2.45) is 5.92 Å². The standard InChI is InChI=1S/C14H17ClN2O2S2/c1-10(2)8-12(11-4-3-7-16-9-11)17-21(18,19)14-6-5-13(15)20-14/h3-7,9-10,12,17H,8H2,1-2H3/t12-/m1/s1. The Balaban J connectivity index is 2.27. The van der Waals surface area contributed by atoms with E-state index in [1.54, 1.807) is 24.5 Å². The van der Waals surface area contributed by atoms with Crippen molar-refractivity contribution in [1.29, 1.82) is 0 Å². The minimum Gasteiger partial charge on any atom is -0.264 e. The molecule has 0 aliphatic carbocycles. The fourth-order valence-corrected chi connectivity index (χ4v) is 4.73. The SMILES string of the molecule is CC(C)C[C@@H](NS(=O)(=O)c1ccc(Cl)s1)c1cccnc1. The van der Waals surface area contributed by atoms with Gasteiger partial charge in [0.1, 0.15) is 4.21 Å². The lowest BCUT2D eigenvalue weighted by atomic mass is 9.99. The maximum absolute atomic E-state index is 12.4. The normalized spacial score (nSPS) is 13.5. The van der Waals surface area contributed by atoms with E-state index in [0.29, 0.717) is 16.7 Å². The van der Waals surface area contributed by atoms with Gasteiger partial charge in [0, 0.05) is 18.4 Å². The van der Waals surface area contributed by atoms with Crippen LogP contribution in [0.4, 0.5) is 0 Å². The number of sulfonamides is 1. The molecule has 4 nitrogen and oxygen atoms in total. The topological polar surface area (TPSA) is 59.1 Å². The molecule has 0 aliphatic rings. The highest BCUT2D eigenvalue weighted by Gasteiger charge is 2.23. The van der Waals surface area contributed by atoms with Crippen molar-refractivity contribution in [2.75, 3.05) is 0 Å². The zero-order valence-corrected chi connectivity index (χ0v) is 14.2. The molecule has 2 aromatic rings. The largest absolute Gasteiger partial charge is 0.264 e. The fraction of sp³-hybridized carbons (Fsp3) is 0.357. The van der Waals surface area contributed by atoms with Crippen LogP contribution in [-0.4, -0.2) is 13.4 Å². The number of rotatable bonds is 6. The van der Waals surface area contributed by atoms with Gasteiger partial charge in [0.2, 0.25) is 0 Å². The summed E-state index contributed by atoms with van der Waals surface area (Å²) in [7, 11) is -3.58. The number of halogens is 1. The van der Waals surface area contributed by atoms with E-state index in [-0.39, 0.29) is 10.3 Å². The Morgan fingerprint density at radius 2 is 2.10 bits per heavy atom. The summed E-state index contributed by atoms with van der Waals surface area (Å²) in [6.07, 6.45) is 4.06. The molecule has 0 saturated heterocycles. The van der Waals surface area contributed by atoms with Gasteiger partial charge in [-0.3, -0.25) is 4.98 Å². The molecule has 7 heteroatoms. The van der Waals surface area contributed by atoms with Crippen LogP contribution in [0.2, 0.25) is 4.34 Å². The second-order valence-corrected chi connectivity index (χ2v) is 8.80. The van der Waals surface area contributed by atoms with Gasteiger partial charge in [-0.25, -0.2) is 13.1 Å². The quantitative estimate of drug-likeness (QED) is 0.865. The van der Waals surface area contributed by atoms with Gasteiger partial charge >= 0.3 is 0 Å². The molecule has 1 N–H and O–H groups in total. The molecule has 0 unspecified atom stereocenters. The lowest BCUT2D eigenvalue weighted by Crippen LogP contribution is -2.29. The molecule has 0 aromatic carbocycles. The molecule has 21 heavy (non-hydrogen) atoms. The van der Waals surface area contributed by atoms with Crippen molar-refractivity contribution in [3.05, 3.63) is 46.6 Å². The monoisotopic (exact) mass is 344 g/mol. The van der Waals surface area contributed by atoms with Gasteiger partial charge < -0.3 is 0 Å². The van der Waals surface area contributed by atoms with E-state index in [0.717, 1.165) is 16.9 Å². The highest BCUT2D eigenvalue weighted by Crippen LogP contribution is 2.28.